The molecule has 3 N–H and O–H groups in total. The summed E-state index contributed by atoms with van der Waals surface area (Å²) in [6.07, 6.45) is -0.567. The Morgan fingerprint density at radius 3 is 2.72 bits per heavy atom. The van der Waals surface area contributed by atoms with E-state index in [-0.39, 0.29) is 0 Å². The van der Waals surface area contributed by atoms with Crippen molar-refractivity contribution in [2.24, 2.45) is 0 Å². The summed E-state index contributed by atoms with van der Waals surface area (Å²) in [6.45, 7) is 6.06. The number of carbonyl (C=O) groups is 1. The van der Waals surface area contributed by atoms with E-state index in [1.54, 1.807) is 6.92 Å². The highest BCUT2D eigenvalue weighted by Gasteiger charge is 2.04. The summed E-state index contributed by atoms with van der Waals surface area (Å²) in [7, 11) is 0. The van der Waals surface area contributed by atoms with Crippen LogP contribution < -0.4 is 16.2 Å². The summed E-state index contributed by atoms with van der Waals surface area (Å²) >= 11 is 5.05. The van der Waals surface area contributed by atoms with Crippen LogP contribution in [-0.4, -0.2) is 17.8 Å². The second-order valence-electron chi connectivity index (χ2n) is 3.67. The molecule has 0 aromatic heterocycles. The van der Waals surface area contributed by atoms with Crippen LogP contribution in [0, 0.1) is 13.8 Å². The van der Waals surface area contributed by atoms with E-state index in [1.165, 1.54) is 5.56 Å². The van der Waals surface area contributed by atoms with Crippen molar-refractivity contribution < 1.29 is 9.53 Å². The van der Waals surface area contributed by atoms with E-state index in [0.717, 1.165) is 11.3 Å². The van der Waals surface area contributed by atoms with Crippen LogP contribution in [0.15, 0.2) is 18.2 Å². The number of hydrazine groups is 1. The second kappa shape index (κ2) is 6.80. The van der Waals surface area contributed by atoms with Gasteiger partial charge in [0.05, 0.1) is 6.61 Å². The average Bonchev–Trinajstić information content (AvgIpc) is 2.33. The monoisotopic (exact) mass is 267 g/mol. The van der Waals surface area contributed by atoms with Crippen LogP contribution in [0.3, 0.4) is 0 Å². The van der Waals surface area contributed by atoms with Gasteiger partial charge in [0.2, 0.25) is 0 Å². The van der Waals surface area contributed by atoms with Crippen LogP contribution in [0.4, 0.5) is 10.5 Å². The third kappa shape index (κ3) is 4.21. The van der Waals surface area contributed by atoms with Gasteiger partial charge in [0.1, 0.15) is 0 Å². The summed E-state index contributed by atoms with van der Waals surface area (Å²) in [5.41, 5.74) is 8.06. The zero-order valence-electron chi connectivity index (χ0n) is 10.7. The summed E-state index contributed by atoms with van der Waals surface area (Å²) < 4.78 is 4.69. The molecule has 5 nitrogen and oxygen atoms in total. The van der Waals surface area contributed by atoms with Crippen molar-refractivity contribution in [3.8, 4) is 0 Å². The molecular formula is C12H17N3O2S. The number of hydrogen-bond donors (Lipinski definition) is 3. The Bertz CT molecular complexity index is 449. The molecule has 1 aromatic rings. The number of anilines is 1. The van der Waals surface area contributed by atoms with E-state index in [2.05, 4.69) is 20.9 Å². The Hall–Kier alpha value is -1.82. The summed E-state index contributed by atoms with van der Waals surface area (Å²) in [6, 6.07) is 5.88. The van der Waals surface area contributed by atoms with Crippen LogP contribution in [0.25, 0.3) is 0 Å². The number of carbonyl (C=O) groups excluding carboxylic acids is 1. The van der Waals surface area contributed by atoms with E-state index in [9.17, 15) is 4.79 Å². The van der Waals surface area contributed by atoms with Gasteiger partial charge in [-0.3, -0.25) is 5.43 Å². The average molecular weight is 267 g/mol. The van der Waals surface area contributed by atoms with Crippen LogP contribution >= 0.6 is 12.2 Å². The van der Waals surface area contributed by atoms with Gasteiger partial charge in [0, 0.05) is 5.69 Å². The van der Waals surface area contributed by atoms with Crippen LogP contribution in [0.2, 0.25) is 0 Å². The minimum atomic E-state index is -0.567. The largest absolute Gasteiger partial charge is 0.449 e. The molecule has 18 heavy (non-hydrogen) atoms. The van der Waals surface area contributed by atoms with Crippen molar-refractivity contribution in [3.63, 3.8) is 0 Å². The van der Waals surface area contributed by atoms with Gasteiger partial charge in [0.15, 0.2) is 5.11 Å². The number of nitrogens with one attached hydrogen (secondary N) is 3. The molecule has 6 heteroatoms. The summed E-state index contributed by atoms with van der Waals surface area (Å²) in [5, 5.41) is 3.30. The maximum atomic E-state index is 11.0. The number of amides is 1. The van der Waals surface area contributed by atoms with Crippen LogP contribution in [0.1, 0.15) is 18.1 Å². The lowest BCUT2D eigenvalue weighted by Crippen LogP contribution is -2.44. The molecule has 0 bridgehead atoms. The SMILES string of the molecule is CCOC(=O)NNC(=S)Nc1cccc(C)c1C. The van der Waals surface area contributed by atoms with E-state index in [1.807, 2.05) is 32.0 Å². The third-order valence-corrected chi connectivity index (χ3v) is 2.61. The lowest BCUT2D eigenvalue weighted by molar-refractivity contribution is 0.150. The minimum absolute atomic E-state index is 0.303. The molecule has 0 saturated heterocycles. The zero-order chi connectivity index (χ0) is 13.5. The van der Waals surface area contributed by atoms with Crippen molar-refractivity contribution >= 4 is 29.1 Å². The first-order valence-corrected chi connectivity index (χ1v) is 6.01. The van der Waals surface area contributed by atoms with Gasteiger partial charge >= 0.3 is 6.09 Å². The van der Waals surface area contributed by atoms with E-state index in [4.69, 9.17) is 12.2 Å². The first kappa shape index (κ1) is 14.2. The maximum Gasteiger partial charge on any atom is 0.425 e. The fraction of sp³-hybridized carbons (Fsp3) is 0.333. The fourth-order valence-corrected chi connectivity index (χ4v) is 1.48. The lowest BCUT2D eigenvalue weighted by atomic mass is 10.1. The Morgan fingerprint density at radius 2 is 2.06 bits per heavy atom. The molecule has 0 aliphatic heterocycles. The van der Waals surface area contributed by atoms with Crippen molar-refractivity contribution in [2.45, 2.75) is 20.8 Å². The highest BCUT2D eigenvalue weighted by atomic mass is 32.1. The highest BCUT2D eigenvalue weighted by molar-refractivity contribution is 7.80. The quantitative estimate of drug-likeness (QED) is 0.566. The van der Waals surface area contributed by atoms with Crippen molar-refractivity contribution in [1.29, 1.82) is 0 Å². The van der Waals surface area contributed by atoms with Crippen LogP contribution in [-0.2, 0) is 4.74 Å². The molecule has 0 unspecified atom stereocenters. The molecule has 0 radical (unpaired) electrons. The standard InChI is InChI=1S/C12H17N3O2S/c1-4-17-12(16)15-14-11(18)13-10-7-5-6-8(2)9(10)3/h5-7H,4H2,1-3H3,(H,15,16)(H2,13,14,18). The molecule has 1 amide bonds. The van der Waals surface area contributed by atoms with Gasteiger partial charge in [0.25, 0.3) is 0 Å². The Balaban J connectivity index is 2.50. The van der Waals surface area contributed by atoms with Gasteiger partial charge in [-0.15, -0.1) is 0 Å². The van der Waals surface area contributed by atoms with Crippen LogP contribution in [0.5, 0.6) is 0 Å². The second-order valence-corrected chi connectivity index (χ2v) is 4.08. The first-order valence-electron chi connectivity index (χ1n) is 5.60. The lowest BCUT2D eigenvalue weighted by Gasteiger charge is -2.14. The molecule has 0 aliphatic rings. The van der Waals surface area contributed by atoms with Crippen molar-refractivity contribution in [2.75, 3.05) is 11.9 Å². The number of rotatable bonds is 2. The fourth-order valence-electron chi connectivity index (χ4n) is 1.32. The third-order valence-electron chi connectivity index (χ3n) is 2.41. The first-order chi connectivity index (χ1) is 8.54. The summed E-state index contributed by atoms with van der Waals surface area (Å²) in [5.74, 6) is 0. The Kier molecular flexibility index (Phi) is 5.38. The highest BCUT2D eigenvalue weighted by Crippen LogP contribution is 2.17. The molecule has 1 rings (SSSR count). The maximum absolute atomic E-state index is 11.0. The van der Waals surface area contributed by atoms with E-state index >= 15 is 0 Å². The van der Waals surface area contributed by atoms with Gasteiger partial charge in [-0.05, 0) is 50.2 Å². The molecule has 0 heterocycles. The molecule has 0 spiro atoms. The Morgan fingerprint density at radius 1 is 1.33 bits per heavy atom. The van der Waals surface area contributed by atoms with Gasteiger partial charge in [-0.1, -0.05) is 12.1 Å². The topological polar surface area (TPSA) is 62.4 Å². The van der Waals surface area contributed by atoms with Gasteiger partial charge < -0.3 is 10.1 Å². The number of thiocarbonyl (C=S) groups is 1. The smallest absolute Gasteiger partial charge is 0.425 e. The zero-order valence-corrected chi connectivity index (χ0v) is 11.5. The number of aryl methyl sites for hydroxylation is 1. The van der Waals surface area contributed by atoms with Crippen molar-refractivity contribution in [3.05, 3.63) is 29.3 Å². The molecule has 0 fully saturated rings. The Labute approximate surface area is 112 Å². The molecule has 1 aromatic carbocycles. The van der Waals surface area contributed by atoms with Crippen molar-refractivity contribution in [1.82, 2.24) is 10.9 Å². The number of benzene rings is 1. The van der Waals surface area contributed by atoms with E-state index in [0.29, 0.717) is 11.7 Å². The predicted octanol–water partition coefficient (Wildman–Crippen LogP) is 2.25. The van der Waals surface area contributed by atoms with Gasteiger partial charge in [-0.25, -0.2) is 10.2 Å². The molecule has 0 aliphatic carbocycles. The molecule has 0 atom stereocenters. The van der Waals surface area contributed by atoms with Gasteiger partial charge in [-0.2, -0.15) is 0 Å². The molecule has 98 valence electrons. The minimum Gasteiger partial charge on any atom is -0.449 e. The molecule has 0 saturated carbocycles. The number of hydrogen-bond acceptors (Lipinski definition) is 3. The van der Waals surface area contributed by atoms with E-state index < -0.39 is 6.09 Å². The normalized spacial score (nSPS) is 9.50. The summed E-state index contributed by atoms with van der Waals surface area (Å²) in [4.78, 5) is 11.0. The molecular weight excluding hydrogens is 250 g/mol. The predicted molar refractivity (Wildman–Crippen MR) is 75.4 cm³/mol. The number of ether oxygens (including phenoxy) is 1.